The normalized spacial score (nSPS) is 12.1. The fourth-order valence-corrected chi connectivity index (χ4v) is 3.80. The topological polar surface area (TPSA) is 18.5 Å². The van der Waals surface area contributed by atoms with Crippen molar-refractivity contribution in [1.82, 2.24) is 0 Å². The van der Waals surface area contributed by atoms with E-state index in [4.69, 9.17) is 32.7 Å². The molecule has 2 nitrogen and oxygen atoms in total. The Morgan fingerprint density at radius 3 is 2.43 bits per heavy atom. The number of methoxy groups -OCH3 is 2. The summed E-state index contributed by atoms with van der Waals surface area (Å²) >= 11 is 18.7. The minimum absolute atomic E-state index is 0.382. The van der Waals surface area contributed by atoms with E-state index in [1.54, 1.807) is 20.3 Å². The number of rotatable bonds is 4. The van der Waals surface area contributed by atoms with Crippen LogP contribution in [0, 0.1) is 3.57 Å². The van der Waals surface area contributed by atoms with Crippen molar-refractivity contribution in [2.24, 2.45) is 0 Å². The molecule has 21 heavy (non-hydrogen) atoms. The second-order valence-corrected chi connectivity index (χ2v) is 7.15. The molecule has 112 valence electrons. The number of hydrogen-bond acceptors (Lipinski definition) is 2. The standard InChI is InChI=1S/C15H12BrCl2IO2/c1-20-12-6-4-9(15(21-2)14(12)18)13(17)10-7-8(19)3-5-11(10)16/h3-7,13H,1-2H3. The zero-order valence-electron chi connectivity index (χ0n) is 11.3. The van der Waals surface area contributed by atoms with E-state index >= 15 is 0 Å². The van der Waals surface area contributed by atoms with Crippen molar-refractivity contribution in [3.63, 3.8) is 0 Å². The third-order valence-electron chi connectivity index (χ3n) is 3.02. The first-order valence-electron chi connectivity index (χ1n) is 5.99. The van der Waals surface area contributed by atoms with Crippen molar-refractivity contribution >= 4 is 61.7 Å². The molecule has 0 spiro atoms. The average Bonchev–Trinajstić information content (AvgIpc) is 2.48. The van der Waals surface area contributed by atoms with E-state index in [0.717, 1.165) is 19.2 Å². The van der Waals surface area contributed by atoms with Crippen molar-refractivity contribution in [2.45, 2.75) is 5.38 Å². The van der Waals surface area contributed by atoms with E-state index in [1.807, 2.05) is 24.3 Å². The van der Waals surface area contributed by atoms with Gasteiger partial charge in [-0.3, -0.25) is 0 Å². The number of ether oxygens (including phenoxy) is 2. The van der Waals surface area contributed by atoms with E-state index < -0.39 is 0 Å². The number of alkyl halides is 1. The zero-order valence-corrected chi connectivity index (χ0v) is 16.5. The van der Waals surface area contributed by atoms with Crippen molar-refractivity contribution < 1.29 is 9.47 Å². The van der Waals surface area contributed by atoms with Crippen molar-refractivity contribution in [2.75, 3.05) is 14.2 Å². The monoisotopic (exact) mass is 500 g/mol. The maximum Gasteiger partial charge on any atom is 0.146 e. The third-order valence-corrected chi connectivity index (χ3v) is 5.24. The van der Waals surface area contributed by atoms with Crippen molar-refractivity contribution in [3.8, 4) is 11.5 Å². The Bertz CT molecular complexity index is 664. The lowest BCUT2D eigenvalue weighted by atomic mass is 10.0. The van der Waals surface area contributed by atoms with Crippen LogP contribution >= 0.6 is 61.7 Å². The zero-order chi connectivity index (χ0) is 15.6. The van der Waals surface area contributed by atoms with Crippen LogP contribution in [0.2, 0.25) is 5.02 Å². The summed E-state index contributed by atoms with van der Waals surface area (Å²) in [4.78, 5) is 0. The lowest BCUT2D eigenvalue weighted by molar-refractivity contribution is 0.392. The van der Waals surface area contributed by atoms with Crippen LogP contribution < -0.4 is 9.47 Å². The Morgan fingerprint density at radius 1 is 1.10 bits per heavy atom. The highest BCUT2D eigenvalue weighted by Gasteiger charge is 2.22. The molecule has 0 aliphatic rings. The van der Waals surface area contributed by atoms with Gasteiger partial charge in [-0.05, 0) is 58.5 Å². The highest BCUT2D eigenvalue weighted by Crippen LogP contribution is 2.44. The minimum atomic E-state index is -0.382. The molecule has 0 radical (unpaired) electrons. The van der Waals surface area contributed by atoms with E-state index in [1.165, 1.54) is 0 Å². The summed E-state index contributed by atoms with van der Waals surface area (Å²) in [6.07, 6.45) is 0. The Balaban J connectivity index is 2.55. The molecule has 0 aliphatic carbocycles. The van der Waals surface area contributed by atoms with Crippen LogP contribution in [0.25, 0.3) is 0 Å². The van der Waals surface area contributed by atoms with Gasteiger partial charge in [0.1, 0.15) is 16.5 Å². The Hall–Kier alpha value is -0.170. The van der Waals surface area contributed by atoms with Gasteiger partial charge in [-0.25, -0.2) is 0 Å². The molecular weight excluding hydrogens is 490 g/mol. The third kappa shape index (κ3) is 3.60. The van der Waals surface area contributed by atoms with Gasteiger partial charge in [-0.15, -0.1) is 11.6 Å². The van der Waals surface area contributed by atoms with Crippen LogP contribution in [0.5, 0.6) is 11.5 Å². The largest absolute Gasteiger partial charge is 0.495 e. The van der Waals surface area contributed by atoms with Gasteiger partial charge < -0.3 is 9.47 Å². The predicted octanol–water partition coefficient (Wildman–Crippen LogP) is 6.05. The van der Waals surface area contributed by atoms with Gasteiger partial charge >= 0.3 is 0 Å². The SMILES string of the molecule is COc1ccc(C(Cl)c2cc(I)ccc2Br)c(OC)c1Cl. The second-order valence-electron chi connectivity index (χ2n) is 4.23. The van der Waals surface area contributed by atoms with E-state index in [2.05, 4.69) is 38.5 Å². The van der Waals surface area contributed by atoms with Gasteiger partial charge in [0.2, 0.25) is 0 Å². The molecule has 0 aromatic heterocycles. The van der Waals surface area contributed by atoms with Crippen molar-refractivity contribution in [3.05, 3.63) is 54.5 Å². The molecule has 2 rings (SSSR count). The molecule has 0 bridgehead atoms. The number of halogens is 4. The molecule has 2 aromatic rings. The van der Waals surface area contributed by atoms with Gasteiger partial charge in [0.25, 0.3) is 0 Å². The van der Waals surface area contributed by atoms with Crippen LogP contribution in [0.4, 0.5) is 0 Å². The lowest BCUT2D eigenvalue weighted by Gasteiger charge is -2.18. The molecule has 1 unspecified atom stereocenters. The molecule has 0 saturated heterocycles. The van der Waals surface area contributed by atoms with Gasteiger partial charge in [-0.2, -0.15) is 0 Å². The number of benzene rings is 2. The van der Waals surface area contributed by atoms with E-state index in [9.17, 15) is 0 Å². The summed E-state index contributed by atoms with van der Waals surface area (Å²) in [5, 5.41) is 0.0392. The summed E-state index contributed by atoms with van der Waals surface area (Å²) < 4.78 is 12.7. The Morgan fingerprint density at radius 2 is 1.81 bits per heavy atom. The minimum Gasteiger partial charge on any atom is -0.495 e. The first-order valence-corrected chi connectivity index (χ1v) is 8.67. The predicted molar refractivity (Wildman–Crippen MR) is 99.1 cm³/mol. The van der Waals surface area contributed by atoms with Crippen molar-refractivity contribution in [1.29, 1.82) is 0 Å². The van der Waals surface area contributed by atoms with Gasteiger partial charge in [0, 0.05) is 13.6 Å². The highest BCUT2D eigenvalue weighted by molar-refractivity contribution is 14.1. The van der Waals surface area contributed by atoms with E-state index in [0.29, 0.717) is 16.5 Å². The highest BCUT2D eigenvalue weighted by atomic mass is 127. The molecule has 2 aromatic carbocycles. The fraction of sp³-hybridized carbons (Fsp3) is 0.200. The Labute approximate surface area is 156 Å². The molecule has 0 aliphatic heterocycles. The van der Waals surface area contributed by atoms with Crippen LogP contribution in [0.15, 0.2) is 34.8 Å². The van der Waals surface area contributed by atoms with Crippen LogP contribution in [-0.4, -0.2) is 14.2 Å². The van der Waals surface area contributed by atoms with Crippen LogP contribution in [-0.2, 0) is 0 Å². The van der Waals surface area contributed by atoms with Crippen LogP contribution in [0.1, 0.15) is 16.5 Å². The van der Waals surface area contributed by atoms with Gasteiger partial charge in [0.05, 0.1) is 19.6 Å². The first kappa shape index (κ1) is 17.2. The smallest absolute Gasteiger partial charge is 0.146 e. The first-order chi connectivity index (χ1) is 9.99. The molecule has 0 saturated carbocycles. The summed E-state index contributed by atoms with van der Waals surface area (Å²) in [7, 11) is 3.13. The summed E-state index contributed by atoms with van der Waals surface area (Å²) in [6, 6.07) is 9.67. The molecule has 1 atom stereocenters. The Kier molecular flexibility index (Phi) is 6.05. The summed E-state index contributed by atoms with van der Waals surface area (Å²) in [5.41, 5.74) is 1.76. The summed E-state index contributed by atoms with van der Waals surface area (Å²) in [5.74, 6) is 1.09. The molecule has 0 heterocycles. The van der Waals surface area contributed by atoms with E-state index in [-0.39, 0.29) is 5.38 Å². The maximum atomic E-state index is 6.65. The van der Waals surface area contributed by atoms with Gasteiger partial charge in [-0.1, -0.05) is 27.5 Å². The molecule has 0 N–H and O–H groups in total. The summed E-state index contributed by atoms with van der Waals surface area (Å²) in [6.45, 7) is 0. The fourth-order valence-electron chi connectivity index (χ4n) is 1.99. The van der Waals surface area contributed by atoms with Gasteiger partial charge in [0.15, 0.2) is 0 Å². The lowest BCUT2D eigenvalue weighted by Crippen LogP contribution is -2.00. The second kappa shape index (κ2) is 7.40. The molecule has 0 amide bonds. The molecule has 0 fully saturated rings. The number of hydrogen-bond donors (Lipinski definition) is 0. The molecule has 6 heteroatoms. The quantitative estimate of drug-likeness (QED) is 0.375. The average molecular weight is 502 g/mol. The maximum absolute atomic E-state index is 6.65. The molecular formula is C15H12BrCl2IO2. The van der Waals surface area contributed by atoms with Crippen LogP contribution in [0.3, 0.4) is 0 Å².